The highest BCUT2D eigenvalue weighted by Gasteiger charge is 2.48. The summed E-state index contributed by atoms with van der Waals surface area (Å²) in [5.41, 5.74) is 8.03. The van der Waals surface area contributed by atoms with E-state index in [-0.39, 0.29) is 5.54 Å². The van der Waals surface area contributed by atoms with Crippen molar-refractivity contribution in [2.75, 3.05) is 13.1 Å². The van der Waals surface area contributed by atoms with Gasteiger partial charge in [-0.15, -0.1) is 0 Å². The van der Waals surface area contributed by atoms with Crippen molar-refractivity contribution in [3.8, 4) is 0 Å². The van der Waals surface area contributed by atoms with Gasteiger partial charge in [0.15, 0.2) is 0 Å². The summed E-state index contributed by atoms with van der Waals surface area (Å²) in [5.74, 6) is 1.31. The summed E-state index contributed by atoms with van der Waals surface area (Å²) in [6, 6.07) is 4.22. The van der Waals surface area contributed by atoms with Crippen LogP contribution >= 0.6 is 0 Å². The van der Waals surface area contributed by atoms with Gasteiger partial charge in [-0.05, 0) is 68.3 Å². The van der Waals surface area contributed by atoms with Gasteiger partial charge in [-0.3, -0.25) is 4.98 Å². The monoisotopic (exact) mass is 231 g/mol. The zero-order chi connectivity index (χ0) is 11.7. The molecule has 1 unspecified atom stereocenters. The number of hydrogen-bond acceptors (Lipinski definition) is 3. The van der Waals surface area contributed by atoms with Crippen molar-refractivity contribution in [3.05, 3.63) is 30.1 Å². The third-order valence-electron chi connectivity index (χ3n) is 4.45. The van der Waals surface area contributed by atoms with E-state index >= 15 is 0 Å². The Bertz CT molecular complexity index is 368. The fourth-order valence-corrected chi connectivity index (χ4v) is 3.31. The van der Waals surface area contributed by atoms with Crippen molar-refractivity contribution in [3.63, 3.8) is 0 Å². The van der Waals surface area contributed by atoms with Crippen LogP contribution in [0.1, 0.15) is 31.2 Å². The number of nitrogens with zero attached hydrogens (tertiary/aromatic N) is 1. The summed E-state index contributed by atoms with van der Waals surface area (Å²) >= 11 is 0. The van der Waals surface area contributed by atoms with Crippen molar-refractivity contribution in [1.29, 1.82) is 0 Å². The van der Waals surface area contributed by atoms with Crippen LogP contribution in [-0.4, -0.2) is 18.1 Å². The molecule has 2 fully saturated rings. The first-order valence-electron chi connectivity index (χ1n) is 6.72. The molecule has 1 aromatic heterocycles. The van der Waals surface area contributed by atoms with Gasteiger partial charge in [0, 0.05) is 17.9 Å². The molecule has 1 aromatic rings. The van der Waals surface area contributed by atoms with Crippen LogP contribution in [0.5, 0.6) is 0 Å². The van der Waals surface area contributed by atoms with Crippen molar-refractivity contribution in [1.82, 2.24) is 10.3 Å². The molecule has 2 heterocycles. The number of piperidine rings is 1. The minimum absolute atomic E-state index is 0.106. The normalized spacial score (nSPS) is 25.5. The van der Waals surface area contributed by atoms with Crippen LogP contribution in [0.15, 0.2) is 24.5 Å². The average molecular weight is 231 g/mol. The molecule has 3 N–H and O–H groups in total. The number of pyridine rings is 1. The predicted octanol–water partition coefficient (Wildman–Crippen LogP) is 1.65. The highest BCUT2D eigenvalue weighted by atomic mass is 14.9. The molecule has 92 valence electrons. The molecule has 17 heavy (non-hydrogen) atoms. The Hall–Kier alpha value is -0.930. The zero-order valence-corrected chi connectivity index (χ0v) is 10.2. The third-order valence-corrected chi connectivity index (χ3v) is 4.45. The first-order valence-corrected chi connectivity index (χ1v) is 6.72. The van der Waals surface area contributed by atoms with Gasteiger partial charge in [-0.2, -0.15) is 0 Å². The minimum Gasteiger partial charge on any atom is -0.321 e. The van der Waals surface area contributed by atoms with Crippen LogP contribution in [0.4, 0.5) is 0 Å². The van der Waals surface area contributed by atoms with E-state index in [9.17, 15) is 0 Å². The molecule has 2 aliphatic rings. The van der Waals surface area contributed by atoms with E-state index < -0.39 is 0 Å². The summed E-state index contributed by atoms with van der Waals surface area (Å²) < 4.78 is 0. The van der Waals surface area contributed by atoms with Gasteiger partial charge in [0.1, 0.15) is 0 Å². The summed E-state index contributed by atoms with van der Waals surface area (Å²) in [6.45, 7) is 2.23. The van der Waals surface area contributed by atoms with Gasteiger partial charge >= 0.3 is 0 Å². The lowest BCUT2D eigenvalue weighted by atomic mass is 9.71. The van der Waals surface area contributed by atoms with E-state index in [2.05, 4.69) is 22.4 Å². The number of nitrogens with one attached hydrogen (secondary N) is 1. The van der Waals surface area contributed by atoms with E-state index in [1.54, 1.807) is 0 Å². The quantitative estimate of drug-likeness (QED) is 0.831. The number of rotatable bonds is 3. The van der Waals surface area contributed by atoms with Crippen molar-refractivity contribution >= 4 is 0 Å². The standard InChI is InChI=1S/C14H21N3/c15-14(11-1-2-11,12-3-7-16-8-4-12)13-5-9-17-10-6-13/h3-4,7-8,11,13,17H,1-2,5-6,9-10,15H2. The lowest BCUT2D eigenvalue weighted by Crippen LogP contribution is -2.50. The largest absolute Gasteiger partial charge is 0.321 e. The Morgan fingerprint density at radius 1 is 1.06 bits per heavy atom. The summed E-state index contributed by atoms with van der Waals surface area (Å²) in [7, 11) is 0. The van der Waals surface area contributed by atoms with Gasteiger partial charge in [-0.1, -0.05) is 0 Å². The molecule has 3 heteroatoms. The molecular weight excluding hydrogens is 210 g/mol. The zero-order valence-electron chi connectivity index (χ0n) is 10.2. The van der Waals surface area contributed by atoms with Gasteiger partial charge in [0.2, 0.25) is 0 Å². The van der Waals surface area contributed by atoms with Crippen molar-refractivity contribution in [2.45, 2.75) is 31.2 Å². The topological polar surface area (TPSA) is 50.9 Å². The van der Waals surface area contributed by atoms with E-state index in [4.69, 9.17) is 5.73 Å². The van der Waals surface area contributed by atoms with Crippen LogP contribution in [0.2, 0.25) is 0 Å². The number of aromatic nitrogens is 1. The average Bonchev–Trinajstić information content (AvgIpc) is 3.24. The van der Waals surface area contributed by atoms with Gasteiger partial charge in [0.05, 0.1) is 0 Å². The first-order chi connectivity index (χ1) is 8.32. The fourth-order valence-electron chi connectivity index (χ4n) is 3.31. The lowest BCUT2D eigenvalue weighted by Gasteiger charge is -2.41. The SMILES string of the molecule is NC(c1ccncc1)(C1CCNCC1)C1CC1. The maximum absolute atomic E-state index is 6.84. The third kappa shape index (κ3) is 1.98. The molecule has 1 saturated carbocycles. The molecule has 1 aliphatic heterocycles. The summed E-state index contributed by atoms with van der Waals surface area (Å²) in [6.07, 6.45) is 8.75. The molecule has 0 bridgehead atoms. The number of nitrogens with two attached hydrogens (primary N) is 1. The van der Waals surface area contributed by atoms with E-state index in [0.717, 1.165) is 13.1 Å². The summed E-state index contributed by atoms with van der Waals surface area (Å²) in [5, 5.41) is 3.43. The van der Waals surface area contributed by atoms with Crippen LogP contribution < -0.4 is 11.1 Å². The van der Waals surface area contributed by atoms with E-state index in [1.807, 2.05) is 12.4 Å². The maximum atomic E-state index is 6.84. The highest BCUT2D eigenvalue weighted by Crippen LogP contribution is 2.50. The smallest absolute Gasteiger partial charge is 0.0468 e. The Morgan fingerprint density at radius 2 is 1.65 bits per heavy atom. The maximum Gasteiger partial charge on any atom is 0.0468 e. The summed E-state index contributed by atoms with van der Waals surface area (Å²) in [4.78, 5) is 4.12. The Labute approximate surface area is 103 Å². The molecule has 0 spiro atoms. The molecule has 3 nitrogen and oxygen atoms in total. The molecular formula is C14H21N3. The fraction of sp³-hybridized carbons (Fsp3) is 0.643. The molecule has 0 radical (unpaired) electrons. The van der Waals surface area contributed by atoms with Crippen LogP contribution in [0.25, 0.3) is 0 Å². The van der Waals surface area contributed by atoms with Gasteiger partial charge in [0.25, 0.3) is 0 Å². The Morgan fingerprint density at radius 3 is 2.24 bits per heavy atom. The van der Waals surface area contributed by atoms with E-state index in [0.29, 0.717) is 11.8 Å². The second kappa shape index (κ2) is 4.39. The molecule has 1 saturated heterocycles. The lowest BCUT2D eigenvalue weighted by molar-refractivity contribution is 0.188. The Balaban J connectivity index is 1.92. The van der Waals surface area contributed by atoms with Gasteiger partial charge in [-0.25, -0.2) is 0 Å². The second-order valence-corrected chi connectivity index (χ2v) is 5.47. The molecule has 0 aromatic carbocycles. The minimum atomic E-state index is -0.106. The molecule has 1 atom stereocenters. The highest BCUT2D eigenvalue weighted by molar-refractivity contribution is 5.26. The van der Waals surface area contributed by atoms with E-state index in [1.165, 1.54) is 31.2 Å². The van der Waals surface area contributed by atoms with Gasteiger partial charge < -0.3 is 11.1 Å². The number of hydrogen-bond donors (Lipinski definition) is 2. The van der Waals surface area contributed by atoms with Crippen LogP contribution in [-0.2, 0) is 5.54 Å². The van der Waals surface area contributed by atoms with Crippen molar-refractivity contribution < 1.29 is 0 Å². The first kappa shape index (κ1) is 11.2. The van der Waals surface area contributed by atoms with Crippen molar-refractivity contribution in [2.24, 2.45) is 17.6 Å². The second-order valence-electron chi connectivity index (χ2n) is 5.47. The predicted molar refractivity (Wildman–Crippen MR) is 68.4 cm³/mol. The molecule has 1 aliphatic carbocycles. The van der Waals surface area contributed by atoms with Crippen LogP contribution in [0, 0.1) is 11.8 Å². The molecule has 0 amide bonds. The Kier molecular flexibility index (Phi) is 2.89. The molecule has 3 rings (SSSR count). The van der Waals surface area contributed by atoms with Crippen LogP contribution in [0.3, 0.4) is 0 Å².